The van der Waals surface area contributed by atoms with E-state index in [0.717, 1.165) is 45.7 Å². The molecule has 3 rings (SSSR count). The van der Waals surface area contributed by atoms with Crippen molar-refractivity contribution in [1.82, 2.24) is 9.88 Å². The second kappa shape index (κ2) is 5.48. The molecule has 0 aliphatic carbocycles. The van der Waals surface area contributed by atoms with Gasteiger partial charge in [0.2, 0.25) is 0 Å². The van der Waals surface area contributed by atoms with Crippen LogP contribution in [0.1, 0.15) is 42.5 Å². The van der Waals surface area contributed by atoms with Gasteiger partial charge in [-0.2, -0.15) is 0 Å². The van der Waals surface area contributed by atoms with Gasteiger partial charge in [0.25, 0.3) is 0 Å². The minimum atomic E-state index is -0.316. The fourth-order valence-electron chi connectivity index (χ4n) is 2.82. The molecule has 19 heavy (non-hydrogen) atoms. The van der Waals surface area contributed by atoms with Crippen molar-refractivity contribution in [3.63, 3.8) is 0 Å². The highest BCUT2D eigenvalue weighted by Gasteiger charge is 2.40. The monoisotopic (exact) mass is 282 g/mol. The van der Waals surface area contributed by atoms with E-state index in [-0.39, 0.29) is 5.79 Å². The van der Waals surface area contributed by atoms with Gasteiger partial charge in [-0.3, -0.25) is 4.90 Å². The molecule has 0 atom stereocenters. The van der Waals surface area contributed by atoms with E-state index < -0.39 is 0 Å². The van der Waals surface area contributed by atoms with E-state index in [1.807, 2.05) is 17.5 Å². The highest BCUT2D eigenvalue weighted by atomic mass is 32.1. The van der Waals surface area contributed by atoms with Crippen LogP contribution in [0, 0.1) is 0 Å². The van der Waals surface area contributed by atoms with Crippen LogP contribution in [0.15, 0.2) is 6.20 Å². The highest BCUT2D eigenvalue weighted by Crippen LogP contribution is 2.31. The van der Waals surface area contributed by atoms with E-state index in [1.54, 1.807) is 0 Å². The van der Waals surface area contributed by atoms with Crippen LogP contribution >= 0.6 is 11.3 Å². The summed E-state index contributed by atoms with van der Waals surface area (Å²) >= 11 is 1.83. The van der Waals surface area contributed by atoms with Crippen LogP contribution in [-0.4, -0.2) is 42.0 Å². The second-order valence-electron chi connectivity index (χ2n) is 5.74. The van der Waals surface area contributed by atoms with Crippen LogP contribution in [0.5, 0.6) is 0 Å². The topological polar surface area (TPSA) is 34.6 Å². The third-order valence-electron chi connectivity index (χ3n) is 3.75. The standard InChI is InChI=1S/C14H22N2O2S/c1-11(2)13-15-8-12(19-13)9-16-5-3-4-14(10-16)17-6-7-18-14/h8,11H,3-7,9-10H2,1-2H3. The van der Waals surface area contributed by atoms with Gasteiger partial charge < -0.3 is 9.47 Å². The number of rotatable bonds is 3. The molecule has 5 heteroatoms. The number of nitrogens with zero attached hydrogens (tertiary/aromatic N) is 2. The molecule has 0 N–H and O–H groups in total. The van der Waals surface area contributed by atoms with Crippen molar-refractivity contribution in [3.8, 4) is 0 Å². The SMILES string of the molecule is CC(C)c1ncc(CN2CCCC3(C2)OCCO3)s1. The lowest BCUT2D eigenvalue weighted by Gasteiger charge is -2.38. The maximum absolute atomic E-state index is 5.82. The lowest BCUT2D eigenvalue weighted by atomic mass is 10.0. The van der Waals surface area contributed by atoms with Crippen molar-refractivity contribution in [2.45, 2.75) is 44.9 Å². The number of thiazole rings is 1. The fraction of sp³-hybridized carbons (Fsp3) is 0.786. The van der Waals surface area contributed by atoms with Gasteiger partial charge in [0.05, 0.1) is 24.8 Å². The van der Waals surface area contributed by atoms with Crippen LogP contribution in [0.4, 0.5) is 0 Å². The molecule has 0 radical (unpaired) electrons. The Kier molecular flexibility index (Phi) is 3.89. The van der Waals surface area contributed by atoms with Crippen LogP contribution in [0.2, 0.25) is 0 Å². The Morgan fingerprint density at radius 2 is 2.21 bits per heavy atom. The molecular weight excluding hydrogens is 260 g/mol. The van der Waals surface area contributed by atoms with E-state index in [2.05, 4.69) is 23.7 Å². The summed E-state index contributed by atoms with van der Waals surface area (Å²) in [6.07, 6.45) is 4.21. The zero-order chi connectivity index (χ0) is 13.3. The maximum Gasteiger partial charge on any atom is 0.181 e. The smallest absolute Gasteiger partial charge is 0.181 e. The number of likely N-dealkylation sites (tertiary alicyclic amines) is 1. The predicted molar refractivity (Wildman–Crippen MR) is 75.3 cm³/mol. The summed E-state index contributed by atoms with van der Waals surface area (Å²) < 4.78 is 11.6. The summed E-state index contributed by atoms with van der Waals surface area (Å²) in [5.41, 5.74) is 0. The molecule has 4 nitrogen and oxygen atoms in total. The largest absolute Gasteiger partial charge is 0.346 e. The van der Waals surface area contributed by atoms with Crippen LogP contribution in [-0.2, 0) is 16.0 Å². The maximum atomic E-state index is 5.82. The van der Waals surface area contributed by atoms with Gasteiger partial charge in [0.1, 0.15) is 0 Å². The average Bonchev–Trinajstić information content (AvgIpc) is 3.00. The first kappa shape index (κ1) is 13.5. The van der Waals surface area contributed by atoms with Crippen molar-refractivity contribution in [2.24, 2.45) is 0 Å². The van der Waals surface area contributed by atoms with Gasteiger partial charge in [-0.15, -0.1) is 11.3 Å². The number of ether oxygens (including phenoxy) is 2. The molecule has 1 aromatic rings. The minimum Gasteiger partial charge on any atom is -0.346 e. The minimum absolute atomic E-state index is 0.316. The zero-order valence-corrected chi connectivity index (χ0v) is 12.5. The molecule has 2 aliphatic rings. The van der Waals surface area contributed by atoms with Gasteiger partial charge in [0, 0.05) is 30.0 Å². The number of piperidine rings is 1. The lowest BCUT2D eigenvalue weighted by Crippen LogP contribution is -2.48. The van der Waals surface area contributed by atoms with E-state index in [4.69, 9.17) is 9.47 Å². The lowest BCUT2D eigenvalue weighted by molar-refractivity contribution is -0.190. The molecule has 0 unspecified atom stereocenters. The van der Waals surface area contributed by atoms with Crippen LogP contribution in [0.3, 0.4) is 0 Å². The molecule has 1 aromatic heterocycles. The van der Waals surface area contributed by atoms with Gasteiger partial charge in [-0.25, -0.2) is 4.98 Å². The quantitative estimate of drug-likeness (QED) is 0.853. The summed E-state index contributed by atoms with van der Waals surface area (Å²) in [7, 11) is 0. The summed E-state index contributed by atoms with van der Waals surface area (Å²) in [5, 5.41) is 1.23. The van der Waals surface area contributed by atoms with Gasteiger partial charge in [-0.1, -0.05) is 13.8 Å². The Balaban J connectivity index is 1.62. The molecule has 2 aliphatic heterocycles. The zero-order valence-electron chi connectivity index (χ0n) is 11.7. The first-order valence-electron chi connectivity index (χ1n) is 7.12. The Labute approximate surface area is 118 Å². The van der Waals surface area contributed by atoms with E-state index in [0.29, 0.717) is 5.92 Å². The predicted octanol–water partition coefficient (Wildman–Crippen LogP) is 2.61. The third kappa shape index (κ3) is 2.99. The van der Waals surface area contributed by atoms with E-state index in [1.165, 1.54) is 9.88 Å². The highest BCUT2D eigenvalue weighted by molar-refractivity contribution is 7.11. The molecule has 0 bridgehead atoms. The molecule has 3 heterocycles. The van der Waals surface area contributed by atoms with E-state index in [9.17, 15) is 0 Å². The first-order valence-corrected chi connectivity index (χ1v) is 7.93. The van der Waals surface area contributed by atoms with Gasteiger partial charge >= 0.3 is 0 Å². The van der Waals surface area contributed by atoms with E-state index >= 15 is 0 Å². The van der Waals surface area contributed by atoms with Crippen LogP contribution in [0.25, 0.3) is 0 Å². The average molecular weight is 282 g/mol. The molecule has 0 amide bonds. The molecule has 106 valence electrons. The second-order valence-corrected chi connectivity index (χ2v) is 6.89. The molecule has 1 spiro atoms. The Hall–Kier alpha value is -0.490. The van der Waals surface area contributed by atoms with Crippen LogP contribution < -0.4 is 0 Å². The number of hydrogen-bond acceptors (Lipinski definition) is 5. The van der Waals surface area contributed by atoms with Crippen molar-refractivity contribution < 1.29 is 9.47 Å². The Bertz CT molecular complexity index is 427. The van der Waals surface area contributed by atoms with Crippen molar-refractivity contribution >= 4 is 11.3 Å². The molecule has 0 saturated carbocycles. The summed E-state index contributed by atoms with van der Waals surface area (Å²) in [5.74, 6) is 0.206. The van der Waals surface area contributed by atoms with Crippen molar-refractivity contribution in [1.29, 1.82) is 0 Å². The number of hydrogen-bond donors (Lipinski definition) is 0. The van der Waals surface area contributed by atoms with Gasteiger partial charge in [0.15, 0.2) is 5.79 Å². The van der Waals surface area contributed by atoms with Crippen molar-refractivity contribution in [2.75, 3.05) is 26.3 Å². The Morgan fingerprint density at radius 3 is 2.89 bits per heavy atom. The molecule has 0 aromatic carbocycles. The molecular formula is C14H22N2O2S. The summed E-state index contributed by atoms with van der Waals surface area (Å²) in [6.45, 7) is 8.86. The third-order valence-corrected chi connectivity index (χ3v) is 5.04. The number of aromatic nitrogens is 1. The fourth-order valence-corrected chi connectivity index (χ4v) is 3.78. The molecule has 2 fully saturated rings. The summed E-state index contributed by atoms with van der Waals surface area (Å²) in [4.78, 5) is 8.28. The molecule has 2 saturated heterocycles. The Morgan fingerprint density at radius 1 is 1.42 bits per heavy atom. The van der Waals surface area contributed by atoms with Gasteiger partial charge in [-0.05, 0) is 13.0 Å². The summed E-state index contributed by atoms with van der Waals surface area (Å²) in [6, 6.07) is 0. The first-order chi connectivity index (χ1) is 9.17. The normalized spacial score (nSPS) is 23.5. The van der Waals surface area contributed by atoms with Crippen molar-refractivity contribution in [3.05, 3.63) is 16.1 Å².